The summed E-state index contributed by atoms with van der Waals surface area (Å²) in [6.07, 6.45) is -0.424. The molecule has 3 rings (SSSR count). The topological polar surface area (TPSA) is 29.5 Å². The van der Waals surface area contributed by atoms with Crippen molar-refractivity contribution in [2.45, 2.75) is 6.10 Å². The second-order valence-corrected chi connectivity index (χ2v) is 4.20. The number of hydrogen-bond donors (Lipinski definition) is 1. The molecule has 1 N–H and O–H groups in total. The Hall–Kier alpha value is -1.06. The molecule has 2 nitrogen and oxygen atoms in total. The molecule has 13 heavy (non-hydrogen) atoms. The second kappa shape index (κ2) is 2.47. The average Bonchev–Trinajstić information content (AvgIpc) is 2.67. The molecule has 1 aliphatic heterocycles. The monoisotopic (exact) mass is 192 g/mol. The Labute approximate surface area is 79.4 Å². The number of thiophene rings is 1. The van der Waals surface area contributed by atoms with Crippen molar-refractivity contribution < 1.29 is 9.84 Å². The van der Waals surface area contributed by atoms with Gasteiger partial charge in [0.25, 0.3) is 0 Å². The molecule has 3 heteroatoms. The molecular weight excluding hydrogens is 184 g/mol. The van der Waals surface area contributed by atoms with Gasteiger partial charge in [0.1, 0.15) is 18.5 Å². The normalized spacial score (nSPS) is 20.2. The fraction of sp³-hybridized carbons (Fsp3) is 0.200. The maximum atomic E-state index is 9.57. The summed E-state index contributed by atoms with van der Waals surface area (Å²) in [5.74, 6) is 0.883. The van der Waals surface area contributed by atoms with E-state index in [9.17, 15) is 5.11 Å². The molecule has 1 aromatic carbocycles. The third-order valence-electron chi connectivity index (χ3n) is 2.26. The molecule has 0 fully saturated rings. The average molecular weight is 192 g/mol. The predicted octanol–water partition coefficient (Wildman–Crippen LogP) is 2.33. The van der Waals surface area contributed by atoms with E-state index in [-0.39, 0.29) is 0 Å². The Morgan fingerprint density at radius 3 is 3.15 bits per heavy atom. The van der Waals surface area contributed by atoms with Crippen molar-refractivity contribution in [1.82, 2.24) is 0 Å². The number of aliphatic hydroxyl groups is 1. The zero-order chi connectivity index (χ0) is 8.84. The quantitative estimate of drug-likeness (QED) is 0.694. The lowest BCUT2D eigenvalue weighted by Gasteiger charge is -1.96. The first-order valence-electron chi connectivity index (χ1n) is 4.18. The van der Waals surface area contributed by atoms with E-state index in [1.54, 1.807) is 11.3 Å². The number of rotatable bonds is 0. The van der Waals surface area contributed by atoms with Crippen LogP contribution in [0.3, 0.4) is 0 Å². The van der Waals surface area contributed by atoms with Crippen molar-refractivity contribution >= 4 is 21.4 Å². The highest BCUT2D eigenvalue weighted by molar-refractivity contribution is 7.19. The lowest BCUT2D eigenvalue weighted by molar-refractivity contribution is 0.142. The summed E-state index contributed by atoms with van der Waals surface area (Å²) in [6, 6.07) is 8.07. The molecule has 0 saturated carbocycles. The maximum absolute atomic E-state index is 9.57. The van der Waals surface area contributed by atoms with Crippen molar-refractivity contribution in [3.63, 3.8) is 0 Å². The van der Waals surface area contributed by atoms with Gasteiger partial charge in [-0.2, -0.15) is 0 Å². The number of benzene rings is 1. The van der Waals surface area contributed by atoms with Gasteiger partial charge in [-0.15, -0.1) is 11.3 Å². The van der Waals surface area contributed by atoms with E-state index in [1.165, 1.54) is 4.70 Å². The van der Waals surface area contributed by atoms with Crippen LogP contribution in [0.1, 0.15) is 11.0 Å². The maximum Gasteiger partial charge on any atom is 0.143 e. The van der Waals surface area contributed by atoms with Gasteiger partial charge >= 0.3 is 0 Å². The number of hydrogen-bond acceptors (Lipinski definition) is 3. The molecular formula is C10H8O2S. The highest BCUT2D eigenvalue weighted by Gasteiger charge is 2.26. The summed E-state index contributed by atoms with van der Waals surface area (Å²) in [5.41, 5.74) is 0. The minimum atomic E-state index is -0.424. The van der Waals surface area contributed by atoms with Crippen molar-refractivity contribution in [1.29, 1.82) is 0 Å². The molecule has 2 aromatic rings. The minimum Gasteiger partial charge on any atom is -0.489 e. The molecule has 1 atom stereocenters. The third kappa shape index (κ3) is 0.913. The fourth-order valence-corrected chi connectivity index (χ4v) is 2.77. The van der Waals surface area contributed by atoms with Crippen molar-refractivity contribution in [3.05, 3.63) is 29.1 Å². The van der Waals surface area contributed by atoms with Gasteiger partial charge < -0.3 is 9.84 Å². The molecule has 0 spiro atoms. The van der Waals surface area contributed by atoms with E-state index < -0.39 is 6.10 Å². The van der Waals surface area contributed by atoms with E-state index in [0.29, 0.717) is 6.61 Å². The Bertz CT molecular complexity index is 461. The van der Waals surface area contributed by atoms with Gasteiger partial charge in [-0.25, -0.2) is 0 Å². The van der Waals surface area contributed by atoms with Gasteiger partial charge in [0.05, 0.1) is 4.88 Å². The molecule has 0 saturated heterocycles. The number of fused-ring (bicyclic) bond motifs is 3. The van der Waals surface area contributed by atoms with Gasteiger partial charge in [-0.3, -0.25) is 0 Å². The Balaban J connectivity index is 2.38. The van der Waals surface area contributed by atoms with Crippen LogP contribution in [0.25, 0.3) is 10.1 Å². The van der Waals surface area contributed by atoms with Gasteiger partial charge in [0.15, 0.2) is 0 Å². The Morgan fingerprint density at radius 1 is 1.38 bits per heavy atom. The first-order chi connectivity index (χ1) is 6.36. The van der Waals surface area contributed by atoms with Crippen LogP contribution < -0.4 is 4.74 Å². The van der Waals surface area contributed by atoms with Gasteiger partial charge in [0, 0.05) is 10.1 Å². The van der Waals surface area contributed by atoms with E-state index in [0.717, 1.165) is 16.0 Å². The van der Waals surface area contributed by atoms with E-state index in [4.69, 9.17) is 4.74 Å². The van der Waals surface area contributed by atoms with E-state index >= 15 is 0 Å². The highest BCUT2D eigenvalue weighted by atomic mass is 32.1. The standard InChI is InChI=1S/C10H8O2S/c11-7-5-12-9-6-3-1-2-4-8(6)13-10(7)9/h1-4,7,11H,5H2. The van der Waals surface area contributed by atoms with Crippen LogP contribution in [-0.4, -0.2) is 11.7 Å². The zero-order valence-electron chi connectivity index (χ0n) is 6.86. The van der Waals surface area contributed by atoms with E-state index in [2.05, 4.69) is 6.07 Å². The highest BCUT2D eigenvalue weighted by Crippen LogP contribution is 2.45. The molecule has 0 radical (unpaired) electrons. The molecule has 2 heterocycles. The van der Waals surface area contributed by atoms with Crippen LogP contribution in [-0.2, 0) is 0 Å². The SMILES string of the molecule is OC1COc2c1sc1ccccc21. The van der Waals surface area contributed by atoms with Crippen LogP contribution in [0, 0.1) is 0 Å². The smallest absolute Gasteiger partial charge is 0.143 e. The van der Waals surface area contributed by atoms with Crippen LogP contribution in [0.15, 0.2) is 24.3 Å². The van der Waals surface area contributed by atoms with E-state index in [1.807, 2.05) is 18.2 Å². The van der Waals surface area contributed by atoms with Crippen molar-refractivity contribution in [2.24, 2.45) is 0 Å². The Morgan fingerprint density at radius 2 is 2.23 bits per heavy atom. The largest absolute Gasteiger partial charge is 0.489 e. The molecule has 1 aromatic heterocycles. The van der Waals surface area contributed by atoms with Crippen molar-refractivity contribution in [2.75, 3.05) is 6.61 Å². The molecule has 0 bridgehead atoms. The first-order valence-corrected chi connectivity index (χ1v) is 5.00. The second-order valence-electron chi connectivity index (χ2n) is 3.12. The first kappa shape index (κ1) is 7.35. The fourth-order valence-electron chi connectivity index (χ4n) is 1.65. The molecule has 66 valence electrons. The van der Waals surface area contributed by atoms with Gasteiger partial charge in [0.2, 0.25) is 0 Å². The summed E-state index contributed by atoms with van der Waals surface area (Å²) in [6.45, 7) is 0.409. The summed E-state index contributed by atoms with van der Waals surface area (Å²) < 4.78 is 6.61. The summed E-state index contributed by atoms with van der Waals surface area (Å²) >= 11 is 1.62. The molecule has 1 unspecified atom stereocenters. The zero-order valence-corrected chi connectivity index (χ0v) is 7.67. The summed E-state index contributed by atoms with van der Waals surface area (Å²) in [4.78, 5) is 0.973. The van der Waals surface area contributed by atoms with Gasteiger partial charge in [-0.1, -0.05) is 12.1 Å². The molecule has 0 amide bonds. The predicted molar refractivity (Wildman–Crippen MR) is 52.3 cm³/mol. The molecule has 0 aliphatic carbocycles. The molecule has 1 aliphatic rings. The van der Waals surface area contributed by atoms with Crippen molar-refractivity contribution in [3.8, 4) is 5.75 Å². The van der Waals surface area contributed by atoms with Crippen LogP contribution in [0.4, 0.5) is 0 Å². The minimum absolute atomic E-state index is 0.409. The number of ether oxygens (including phenoxy) is 1. The summed E-state index contributed by atoms with van der Waals surface area (Å²) in [5, 5.41) is 10.7. The summed E-state index contributed by atoms with van der Waals surface area (Å²) in [7, 11) is 0. The van der Waals surface area contributed by atoms with Gasteiger partial charge in [-0.05, 0) is 12.1 Å². The lowest BCUT2D eigenvalue weighted by Crippen LogP contribution is -1.97. The van der Waals surface area contributed by atoms with Crippen LogP contribution >= 0.6 is 11.3 Å². The number of aliphatic hydroxyl groups excluding tert-OH is 1. The lowest BCUT2D eigenvalue weighted by atomic mass is 10.2. The Kier molecular flexibility index (Phi) is 1.39. The third-order valence-corrected chi connectivity index (χ3v) is 3.52. The van der Waals surface area contributed by atoms with Crippen LogP contribution in [0.5, 0.6) is 5.75 Å². The van der Waals surface area contributed by atoms with Crippen LogP contribution in [0.2, 0.25) is 0 Å².